The van der Waals surface area contributed by atoms with Crippen LogP contribution in [-0.4, -0.2) is 18.7 Å². The normalized spacial score (nSPS) is 17.6. The number of nitrogens with one attached hydrogen (secondary N) is 1. The van der Waals surface area contributed by atoms with Gasteiger partial charge in [-0.25, -0.2) is 5.48 Å². The molecule has 82 valence electrons. The minimum atomic E-state index is -4.40. The van der Waals surface area contributed by atoms with Gasteiger partial charge in [0, 0.05) is 6.42 Å². The Balaban J connectivity index is 2.03. The van der Waals surface area contributed by atoms with Crippen LogP contribution in [0.2, 0.25) is 0 Å². The third-order valence-electron chi connectivity index (χ3n) is 2.12. The van der Waals surface area contributed by atoms with E-state index in [1.165, 1.54) is 0 Å². The van der Waals surface area contributed by atoms with Crippen LogP contribution in [0, 0.1) is 5.92 Å². The first-order chi connectivity index (χ1) is 6.47. The molecule has 1 rings (SSSR count). The van der Waals surface area contributed by atoms with E-state index in [1.54, 1.807) is 5.48 Å². The highest BCUT2D eigenvalue weighted by molar-refractivity contribution is 5.75. The molecule has 1 saturated carbocycles. The van der Waals surface area contributed by atoms with Crippen LogP contribution in [0.15, 0.2) is 0 Å². The topological polar surface area (TPSA) is 38.3 Å². The van der Waals surface area contributed by atoms with Crippen molar-refractivity contribution in [1.82, 2.24) is 5.48 Å². The Hall–Kier alpha value is -0.780. The predicted molar refractivity (Wildman–Crippen MR) is 42.1 cm³/mol. The van der Waals surface area contributed by atoms with Gasteiger partial charge in [-0.05, 0) is 18.8 Å². The van der Waals surface area contributed by atoms with Crippen LogP contribution >= 0.6 is 0 Å². The molecule has 1 aliphatic carbocycles. The van der Waals surface area contributed by atoms with Crippen LogP contribution in [0.4, 0.5) is 13.2 Å². The average Bonchev–Trinajstić information content (AvgIpc) is 1.94. The van der Waals surface area contributed by atoms with Crippen molar-refractivity contribution in [2.24, 2.45) is 5.92 Å². The number of hydroxylamine groups is 1. The van der Waals surface area contributed by atoms with E-state index in [2.05, 4.69) is 4.84 Å². The van der Waals surface area contributed by atoms with Crippen LogP contribution in [-0.2, 0) is 9.63 Å². The standard InChI is InChI=1S/C8H12F3NO2/c9-8(10,11)5-14-12-7(13)4-6-2-1-3-6/h6H,1-5H2,(H,12,13). The van der Waals surface area contributed by atoms with Crippen LogP contribution in [0.25, 0.3) is 0 Å². The lowest BCUT2D eigenvalue weighted by Gasteiger charge is -2.24. The van der Waals surface area contributed by atoms with Crippen LogP contribution in [0.1, 0.15) is 25.7 Å². The lowest BCUT2D eigenvalue weighted by molar-refractivity contribution is -0.192. The van der Waals surface area contributed by atoms with Gasteiger partial charge in [0.25, 0.3) is 0 Å². The molecule has 1 N–H and O–H groups in total. The number of halogens is 3. The highest BCUT2D eigenvalue weighted by Crippen LogP contribution is 2.29. The molecule has 1 fully saturated rings. The lowest BCUT2D eigenvalue weighted by Crippen LogP contribution is -2.31. The number of amides is 1. The third-order valence-corrected chi connectivity index (χ3v) is 2.12. The van der Waals surface area contributed by atoms with Gasteiger partial charge in [-0.15, -0.1) is 0 Å². The molecule has 0 aromatic rings. The predicted octanol–water partition coefficient (Wildman–Crippen LogP) is 1.79. The molecule has 0 radical (unpaired) electrons. The summed E-state index contributed by atoms with van der Waals surface area (Å²) in [5.74, 6) is -0.150. The number of hydrogen-bond donors (Lipinski definition) is 1. The van der Waals surface area contributed by atoms with Gasteiger partial charge in [0.15, 0.2) is 6.61 Å². The molecular weight excluding hydrogens is 199 g/mol. The molecular formula is C8H12F3NO2. The maximum atomic E-state index is 11.6. The molecule has 1 aliphatic rings. The second-order valence-electron chi connectivity index (χ2n) is 3.43. The summed E-state index contributed by atoms with van der Waals surface area (Å²) in [6, 6.07) is 0. The summed E-state index contributed by atoms with van der Waals surface area (Å²) < 4.78 is 34.7. The summed E-state index contributed by atoms with van der Waals surface area (Å²) >= 11 is 0. The number of carbonyl (C=O) groups is 1. The molecule has 6 heteroatoms. The minimum Gasteiger partial charge on any atom is -0.273 e. The van der Waals surface area contributed by atoms with Crippen molar-refractivity contribution in [2.75, 3.05) is 6.61 Å². The fraction of sp³-hybridized carbons (Fsp3) is 0.875. The second kappa shape index (κ2) is 4.63. The summed E-state index contributed by atoms with van der Waals surface area (Å²) in [5, 5.41) is 0. The second-order valence-corrected chi connectivity index (χ2v) is 3.43. The Bertz CT molecular complexity index is 201. The first-order valence-electron chi connectivity index (χ1n) is 4.45. The van der Waals surface area contributed by atoms with Gasteiger partial charge in [0.2, 0.25) is 5.91 Å². The number of carbonyl (C=O) groups excluding carboxylic acids is 1. The van der Waals surface area contributed by atoms with E-state index in [0.29, 0.717) is 5.92 Å². The van der Waals surface area contributed by atoms with E-state index in [-0.39, 0.29) is 6.42 Å². The maximum Gasteiger partial charge on any atom is 0.414 e. The molecule has 0 spiro atoms. The van der Waals surface area contributed by atoms with Gasteiger partial charge in [-0.2, -0.15) is 13.2 Å². The van der Waals surface area contributed by atoms with E-state index < -0.39 is 18.7 Å². The van der Waals surface area contributed by atoms with Crippen molar-refractivity contribution in [3.8, 4) is 0 Å². The molecule has 0 atom stereocenters. The average molecular weight is 211 g/mol. The van der Waals surface area contributed by atoms with Crippen molar-refractivity contribution < 1.29 is 22.8 Å². The Morgan fingerprint density at radius 1 is 1.43 bits per heavy atom. The van der Waals surface area contributed by atoms with E-state index in [0.717, 1.165) is 19.3 Å². The number of alkyl halides is 3. The molecule has 0 aliphatic heterocycles. The van der Waals surface area contributed by atoms with Gasteiger partial charge in [-0.1, -0.05) is 6.42 Å². The van der Waals surface area contributed by atoms with Crippen molar-refractivity contribution in [3.63, 3.8) is 0 Å². The van der Waals surface area contributed by atoms with Gasteiger partial charge in [0.1, 0.15) is 0 Å². The lowest BCUT2D eigenvalue weighted by atomic mass is 9.83. The Morgan fingerprint density at radius 3 is 2.50 bits per heavy atom. The zero-order valence-corrected chi connectivity index (χ0v) is 7.56. The van der Waals surface area contributed by atoms with Crippen LogP contribution in [0.5, 0.6) is 0 Å². The molecule has 0 unspecified atom stereocenters. The van der Waals surface area contributed by atoms with Crippen LogP contribution in [0.3, 0.4) is 0 Å². The molecule has 1 amide bonds. The summed E-state index contributed by atoms with van der Waals surface area (Å²) in [5.41, 5.74) is 1.78. The summed E-state index contributed by atoms with van der Waals surface area (Å²) in [6.07, 6.45) is -1.08. The van der Waals surface area contributed by atoms with Crippen molar-refractivity contribution >= 4 is 5.91 Å². The summed E-state index contributed by atoms with van der Waals surface area (Å²) in [6.45, 7) is -1.44. The highest BCUT2D eigenvalue weighted by atomic mass is 19.4. The smallest absolute Gasteiger partial charge is 0.273 e. The maximum absolute atomic E-state index is 11.6. The molecule has 3 nitrogen and oxygen atoms in total. The summed E-state index contributed by atoms with van der Waals surface area (Å²) in [4.78, 5) is 14.9. The fourth-order valence-corrected chi connectivity index (χ4v) is 1.20. The first kappa shape index (κ1) is 11.3. The van der Waals surface area contributed by atoms with E-state index in [1.807, 2.05) is 0 Å². The van der Waals surface area contributed by atoms with E-state index >= 15 is 0 Å². The van der Waals surface area contributed by atoms with Crippen molar-refractivity contribution in [2.45, 2.75) is 31.9 Å². The molecule has 0 aromatic heterocycles. The fourth-order valence-electron chi connectivity index (χ4n) is 1.20. The monoisotopic (exact) mass is 211 g/mol. The third kappa shape index (κ3) is 4.45. The zero-order chi connectivity index (χ0) is 10.6. The molecule has 0 bridgehead atoms. The van der Waals surface area contributed by atoms with E-state index in [9.17, 15) is 18.0 Å². The van der Waals surface area contributed by atoms with Gasteiger partial charge >= 0.3 is 6.18 Å². The molecule has 14 heavy (non-hydrogen) atoms. The summed E-state index contributed by atoms with van der Waals surface area (Å²) in [7, 11) is 0. The quantitative estimate of drug-likeness (QED) is 0.720. The first-order valence-corrected chi connectivity index (χ1v) is 4.45. The Labute approximate surface area is 79.6 Å². The molecule has 0 heterocycles. The Kier molecular flexibility index (Phi) is 3.74. The zero-order valence-electron chi connectivity index (χ0n) is 7.56. The van der Waals surface area contributed by atoms with Crippen molar-refractivity contribution in [3.05, 3.63) is 0 Å². The van der Waals surface area contributed by atoms with Gasteiger partial charge in [-0.3, -0.25) is 9.63 Å². The highest BCUT2D eigenvalue weighted by Gasteiger charge is 2.28. The number of hydrogen-bond acceptors (Lipinski definition) is 2. The molecule has 0 saturated heterocycles. The minimum absolute atomic E-state index is 0.262. The van der Waals surface area contributed by atoms with Gasteiger partial charge < -0.3 is 0 Å². The van der Waals surface area contributed by atoms with Crippen molar-refractivity contribution in [1.29, 1.82) is 0 Å². The van der Waals surface area contributed by atoms with Gasteiger partial charge in [0.05, 0.1) is 0 Å². The molecule has 0 aromatic carbocycles. The van der Waals surface area contributed by atoms with Crippen LogP contribution < -0.4 is 5.48 Å². The van der Waals surface area contributed by atoms with E-state index in [4.69, 9.17) is 0 Å². The number of rotatable bonds is 4. The SMILES string of the molecule is O=C(CC1CCC1)NOCC(F)(F)F. The Morgan fingerprint density at radius 2 is 2.07 bits per heavy atom. The largest absolute Gasteiger partial charge is 0.414 e.